The van der Waals surface area contributed by atoms with E-state index in [0.29, 0.717) is 0 Å². The standard InChI is InChI=1S/C54H39NO/c56-54-49(43-20-8-3-9-21-43)28-15-29-53(54)52-27-13-12-26-51(52)50-25-11-10-24-48(50)44-22-14-23-47(38-44)55(45-34-30-41(31-35-45)39-16-4-1-5-17-39)46-36-32-42(33-37-46)40-18-6-2-7-19-40/h1-38,56H. The van der Waals surface area contributed by atoms with Gasteiger partial charge < -0.3 is 10.0 Å². The first-order valence-corrected chi connectivity index (χ1v) is 19.0. The number of hydrogen-bond acceptors (Lipinski definition) is 2. The van der Waals surface area contributed by atoms with E-state index in [0.717, 1.165) is 61.6 Å². The summed E-state index contributed by atoms with van der Waals surface area (Å²) in [6, 6.07) is 80.5. The highest BCUT2D eigenvalue weighted by molar-refractivity contribution is 5.95. The van der Waals surface area contributed by atoms with E-state index in [4.69, 9.17) is 0 Å². The number of phenols is 1. The average Bonchev–Trinajstić information content (AvgIpc) is 3.28. The lowest BCUT2D eigenvalue weighted by Crippen LogP contribution is -2.10. The molecular weight excluding hydrogens is 679 g/mol. The highest BCUT2D eigenvalue weighted by Gasteiger charge is 2.19. The van der Waals surface area contributed by atoms with Gasteiger partial charge in [-0.1, -0.05) is 194 Å². The first-order valence-electron chi connectivity index (χ1n) is 19.0. The van der Waals surface area contributed by atoms with E-state index in [1.54, 1.807) is 0 Å². The maximum atomic E-state index is 11.7. The van der Waals surface area contributed by atoms with Gasteiger partial charge in [-0.25, -0.2) is 0 Å². The summed E-state index contributed by atoms with van der Waals surface area (Å²) in [7, 11) is 0. The Morgan fingerprint density at radius 3 is 1.12 bits per heavy atom. The van der Waals surface area contributed by atoms with Crippen LogP contribution in [0.1, 0.15) is 0 Å². The summed E-state index contributed by atoms with van der Waals surface area (Å²) >= 11 is 0. The number of phenolic OH excluding ortho intramolecular Hbond substituents is 1. The molecule has 1 N–H and O–H groups in total. The van der Waals surface area contributed by atoms with Gasteiger partial charge in [0.25, 0.3) is 0 Å². The van der Waals surface area contributed by atoms with Crippen LogP contribution in [-0.4, -0.2) is 5.11 Å². The van der Waals surface area contributed by atoms with Crippen LogP contribution in [0.5, 0.6) is 5.75 Å². The van der Waals surface area contributed by atoms with E-state index in [9.17, 15) is 5.11 Å². The molecule has 0 fully saturated rings. The van der Waals surface area contributed by atoms with Crippen LogP contribution >= 0.6 is 0 Å². The van der Waals surface area contributed by atoms with Crippen molar-refractivity contribution in [3.05, 3.63) is 231 Å². The number of hydrogen-bond donors (Lipinski definition) is 1. The molecule has 0 unspecified atom stereocenters. The largest absolute Gasteiger partial charge is 0.507 e. The predicted molar refractivity (Wildman–Crippen MR) is 235 cm³/mol. The summed E-state index contributed by atoms with van der Waals surface area (Å²) in [5, 5.41) is 11.7. The molecule has 9 aromatic rings. The van der Waals surface area contributed by atoms with Gasteiger partial charge in [0.2, 0.25) is 0 Å². The molecule has 9 rings (SSSR count). The van der Waals surface area contributed by atoms with E-state index in [1.807, 2.05) is 54.6 Å². The van der Waals surface area contributed by atoms with Gasteiger partial charge in [-0.3, -0.25) is 0 Å². The number of anilines is 3. The number of benzene rings is 9. The Labute approximate surface area is 328 Å². The molecule has 0 amide bonds. The quantitative estimate of drug-likeness (QED) is 0.161. The lowest BCUT2D eigenvalue weighted by atomic mass is 9.88. The second-order valence-corrected chi connectivity index (χ2v) is 13.9. The highest BCUT2D eigenvalue weighted by atomic mass is 16.3. The van der Waals surface area contributed by atoms with Crippen LogP contribution in [0.25, 0.3) is 66.8 Å². The molecule has 0 aromatic heterocycles. The lowest BCUT2D eigenvalue weighted by molar-refractivity contribution is 0.479. The lowest BCUT2D eigenvalue weighted by Gasteiger charge is -2.27. The summed E-state index contributed by atoms with van der Waals surface area (Å²) in [4.78, 5) is 2.33. The van der Waals surface area contributed by atoms with Crippen molar-refractivity contribution in [2.24, 2.45) is 0 Å². The molecule has 0 aliphatic carbocycles. The minimum absolute atomic E-state index is 0.276. The van der Waals surface area contributed by atoms with E-state index in [2.05, 4.69) is 181 Å². The monoisotopic (exact) mass is 717 g/mol. The van der Waals surface area contributed by atoms with Crippen molar-refractivity contribution < 1.29 is 5.11 Å². The summed E-state index contributed by atoms with van der Waals surface area (Å²) in [5.74, 6) is 0.276. The van der Waals surface area contributed by atoms with Gasteiger partial charge in [-0.2, -0.15) is 0 Å². The van der Waals surface area contributed by atoms with Crippen molar-refractivity contribution >= 4 is 17.1 Å². The Morgan fingerprint density at radius 1 is 0.232 bits per heavy atom. The molecule has 0 bridgehead atoms. The van der Waals surface area contributed by atoms with Crippen molar-refractivity contribution in [3.8, 4) is 72.5 Å². The van der Waals surface area contributed by atoms with Crippen LogP contribution in [0, 0.1) is 0 Å². The SMILES string of the molecule is Oc1c(-c2ccccc2)cccc1-c1ccccc1-c1ccccc1-c1cccc(N(c2ccc(-c3ccccc3)cc2)c2ccc(-c3ccccc3)cc2)c1. The van der Waals surface area contributed by atoms with Gasteiger partial charge in [-0.05, 0) is 92.0 Å². The Balaban J connectivity index is 1.14. The number of para-hydroxylation sites is 1. The first-order chi connectivity index (χ1) is 27.7. The van der Waals surface area contributed by atoms with Crippen LogP contribution in [0.2, 0.25) is 0 Å². The van der Waals surface area contributed by atoms with Gasteiger partial charge >= 0.3 is 0 Å². The fourth-order valence-corrected chi connectivity index (χ4v) is 7.66. The zero-order valence-electron chi connectivity index (χ0n) is 30.8. The van der Waals surface area contributed by atoms with Crippen molar-refractivity contribution in [1.82, 2.24) is 0 Å². The molecule has 0 saturated carbocycles. The maximum absolute atomic E-state index is 11.7. The van der Waals surface area contributed by atoms with Crippen molar-refractivity contribution in [1.29, 1.82) is 0 Å². The third kappa shape index (κ3) is 6.88. The molecule has 0 spiro atoms. The third-order valence-electron chi connectivity index (χ3n) is 10.4. The molecule has 0 saturated heterocycles. The topological polar surface area (TPSA) is 23.5 Å². The average molecular weight is 718 g/mol. The zero-order chi connectivity index (χ0) is 37.7. The molecule has 2 heteroatoms. The number of rotatable bonds is 9. The van der Waals surface area contributed by atoms with Crippen molar-refractivity contribution in [2.45, 2.75) is 0 Å². The number of nitrogens with zero attached hydrogens (tertiary/aromatic N) is 1. The Morgan fingerprint density at radius 2 is 0.589 bits per heavy atom. The summed E-state index contributed by atoms with van der Waals surface area (Å²) in [5.41, 5.74) is 15.9. The van der Waals surface area contributed by atoms with Crippen LogP contribution in [0.4, 0.5) is 17.1 Å². The van der Waals surface area contributed by atoms with E-state index < -0.39 is 0 Å². The molecule has 2 nitrogen and oxygen atoms in total. The van der Waals surface area contributed by atoms with Crippen LogP contribution < -0.4 is 4.90 Å². The Hall–Kier alpha value is -7.42. The summed E-state index contributed by atoms with van der Waals surface area (Å²) in [6.45, 7) is 0. The number of aromatic hydroxyl groups is 1. The molecule has 0 heterocycles. The van der Waals surface area contributed by atoms with Gasteiger partial charge in [0.1, 0.15) is 5.75 Å². The highest BCUT2D eigenvalue weighted by Crippen LogP contribution is 2.45. The Bertz CT molecular complexity index is 2640. The second kappa shape index (κ2) is 15.5. The molecule has 0 atom stereocenters. The van der Waals surface area contributed by atoms with Gasteiger partial charge in [0.15, 0.2) is 0 Å². The van der Waals surface area contributed by atoms with Gasteiger partial charge in [0.05, 0.1) is 0 Å². The molecule has 0 radical (unpaired) electrons. The molecule has 56 heavy (non-hydrogen) atoms. The zero-order valence-corrected chi connectivity index (χ0v) is 30.8. The fourth-order valence-electron chi connectivity index (χ4n) is 7.66. The maximum Gasteiger partial charge on any atom is 0.131 e. The van der Waals surface area contributed by atoms with Crippen molar-refractivity contribution in [3.63, 3.8) is 0 Å². The smallest absolute Gasteiger partial charge is 0.131 e. The third-order valence-corrected chi connectivity index (χ3v) is 10.4. The van der Waals surface area contributed by atoms with E-state index in [1.165, 1.54) is 22.3 Å². The minimum Gasteiger partial charge on any atom is -0.507 e. The van der Waals surface area contributed by atoms with E-state index >= 15 is 0 Å². The predicted octanol–water partition coefficient (Wildman–Crippen LogP) is 14.9. The summed E-state index contributed by atoms with van der Waals surface area (Å²) in [6.07, 6.45) is 0. The summed E-state index contributed by atoms with van der Waals surface area (Å²) < 4.78 is 0. The minimum atomic E-state index is 0.276. The van der Waals surface area contributed by atoms with Crippen LogP contribution in [-0.2, 0) is 0 Å². The van der Waals surface area contributed by atoms with Crippen molar-refractivity contribution in [2.75, 3.05) is 4.90 Å². The van der Waals surface area contributed by atoms with Gasteiger partial charge in [-0.15, -0.1) is 0 Å². The van der Waals surface area contributed by atoms with Gasteiger partial charge in [0, 0.05) is 28.2 Å². The fraction of sp³-hybridized carbons (Fsp3) is 0. The second-order valence-electron chi connectivity index (χ2n) is 13.9. The molecule has 266 valence electrons. The molecule has 0 aliphatic heterocycles. The molecule has 9 aromatic carbocycles. The molecular formula is C54H39NO. The van der Waals surface area contributed by atoms with Crippen LogP contribution in [0.3, 0.4) is 0 Å². The normalized spacial score (nSPS) is 10.9. The first kappa shape index (κ1) is 34.4. The molecule has 0 aliphatic rings. The Kier molecular flexibility index (Phi) is 9.52. The van der Waals surface area contributed by atoms with E-state index in [-0.39, 0.29) is 5.75 Å². The van der Waals surface area contributed by atoms with Crippen LogP contribution in [0.15, 0.2) is 231 Å².